The molecule has 0 bridgehead atoms. The number of rotatable bonds is 4. The number of nitrogens with one attached hydrogen (secondary N) is 1. The Morgan fingerprint density at radius 2 is 2.00 bits per heavy atom. The van der Waals surface area contributed by atoms with Gasteiger partial charge in [0.1, 0.15) is 5.82 Å². The highest BCUT2D eigenvalue weighted by molar-refractivity contribution is 5.85. The van der Waals surface area contributed by atoms with E-state index in [2.05, 4.69) is 16.8 Å². The van der Waals surface area contributed by atoms with Gasteiger partial charge in [0, 0.05) is 32.2 Å². The molecule has 0 aromatic heterocycles. The third-order valence-corrected chi connectivity index (χ3v) is 3.58. The average molecular weight is 321 g/mol. The lowest BCUT2D eigenvalue weighted by molar-refractivity contribution is 0.174. The Morgan fingerprint density at radius 1 is 1.35 bits per heavy atom. The van der Waals surface area contributed by atoms with Crippen LogP contribution in [0.1, 0.15) is 23.6 Å². The van der Waals surface area contributed by atoms with Crippen LogP contribution in [-0.4, -0.2) is 31.1 Å². The van der Waals surface area contributed by atoms with Gasteiger partial charge in [-0.15, -0.1) is 31.4 Å². The van der Waals surface area contributed by atoms with Crippen LogP contribution in [0.4, 0.5) is 4.39 Å². The lowest BCUT2D eigenvalue weighted by Gasteiger charge is -2.35. The molecule has 1 N–H and O–H groups in total. The Labute approximate surface area is 133 Å². The van der Waals surface area contributed by atoms with Crippen molar-refractivity contribution >= 4 is 24.8 Å². The Morgan fingerprint density at radius 3 is 2.60 bits per heavy atom. The number of aryl methyl sites for hydroxylation is 1. The highest BCUT2D eigenvalue weighted by atomic mass is 35.5. The second kappa shape index (κ2) is 9.35. The van der Waals surface area contributed by atoms with E-state index >= 15 is 0 Å². The van der Waals surface area contributed by atoms with E-state index in [4.69, 9.17) is 0 Å². The quantitative estimate of drug-likeness (QED) is 0.854. The highest BCUT2D eigenvalue weighted by Crippen LogP contribution is 2.28. The lowest BCUT2D eigenvalue weighted by Crippen LogP contribution is -2.45. The molecule has 1 aliphatic heterocycles. The van der Waals surface area contributed by atoms with Gasteiger partial charge in [0.25, 0.3) is 0 Å². The molecule has 1 atom stereocenters. The molecule has 1 heterocycles. The van der Waals surface area contributed by atoms with Crippen LogP contribution in [-0.2, 0) is 0 Å². The maximum Gasteiger partial charge on any atom is 0.123 e. The summed E-state index contributed by atoms with van der Waals surface area (Å²) < 4.78 is 13.5. The molecule has 5 heteroatoms. The van der Waals surface area contributed by atoms with Gasteiger partial charge >= 0.3 is 0 Å². The van der Waals surface area contributed by atoms with Crippen molar-refractivity contribution in [3.05, 3.63) is 47.8 Å². The first-order valence-electron chi connectivity index (χ1n) is 6.54. The molecular weight excluding hydrogens is 298 g/mol. The van der Waals surface area contributed by atoms with Crippen molar-refractivity contribution in [2.75, 3.05) is 26.2 Å². The van der Waals surface area contributed by atoms with E-state index in [0.717, 1.165) is 43.7 Å². The van der Waals surface area contributed by atoms with Gasteiger partial charge in [-0.2, -0.15) is 0 Å². The zero-order chi connectivity index (χ0) is 13.0. The standard InChI is InChI=1S/C15H21FN2.2ClH/c1-3-4-15(18-9-7-17-8-10-18)14-11-13(16)6-5-12(14)2;;/h3,5-6,11,15,17H,1,4,7-10H2,2H3;2*1H/t15-;;/m0../s1. The second-order valence-electron chi connectivity index (χ2n) is 4.83. The summed E-state index contributed by atoms with van der Waals surface area (Å²) in [6.07, 6.45) is 2.79. The van der Waals surface area contributed by atoms with Crippen molar-refractivity contribution < 1.29 is 4.39 Å². The van der Waals surface area contributed by atoms with Crippen LogP contribution in [0.2, 0.25) is 0 Å². The molecular formula is C15H23Cl2FN2. The minimum absolute atomic E-state index is 0. The zero-order valence-corrected chi connectivity index (χ0v) is 13.4. The molecule has 2 nitrogen and oxygen atoms in total. The van der Waals surface area contributed by atoms with Gasteiger partial charge in [-0.05, 0) is 36.6 Å². The Kier molecular flexibility index (Phi) is 9.06. The molecule has 0 unspecified atom stereocenters. The van der Waals surface area contributed by atoms with E-state index in [1.807, 2.05) is 19.1 Å². The van der Waals surface area contributed by atoms with Crippen LogP contribution < -0.4 is 5.32 Å². The van der Waals surface area contributed by atoms with Gasteiger partial charge in [0.15, 0.2) is 0 Å². The predicted octanol–water partition coefficient (Wildman–Crippen LogP) is 3.50. The summed E-state index contributed by atoms with van der Waals surface area (Å²) in [5, 5.41) is 3.35. The molecule has 1 aromatic carbocycles. The SMILES string of the molecule is C=CC[C@@H](c1cc(F)ccc1C)N1CCNCC1.Cl.Cl. The van der Waals surface area contributed by atoms with Gasteiger partial charge in [0.05, 0.1) is 0 Å². The summed E-state index contributed by atoms with van der Waals surface area (Å²) in [6.45, 7) is 9.91. The van der Waals surface area contributed by atoms with Crippen LogP contribution in [0.15, 0.2) is 30.9 Å². The normalized spacial score (nSPS) is 16.7. The van der Waals surface area contributed by atoms with E-state index in [1.54, 1.807) is 6.07 Å². The minimum atomic E-state index is -0.153. The summed E-state index contributed by atoms with van der Waals surface area (Å²) in [5.74, 6) is -0.153. The van der Waals surface area contributed by atoms with Crippen LogP contribution >= 0.6 is 24.8 Å². The average Bonchev–Trinajstić information content (AvgIpc) is 2.40. The molecule has 1 aromatic rings. The third kappa shape index (κ3) is 4.74. The number of hydrogen-bond acceptors (Lipinski definition) is 2. The van der Waals surface area contributed by atoms with Crippen molar-refractivity contribution in [1.82, 2.24) is 10.2 Å². The van der Waals surface area contributed by atoms with Gasteiger partial charge in [-0.1, -0.05) is 12.1 Å². The van der Waals surface area contributed by atoms with Gasteiger partial charge in [-0.25, -0.2) is 4.39 Å². The van der Waals surface area contributed by atoms with E-state index < -0.39 is 0 Å². The number of benzene rings is 1. The van der Waals surface area contributed by atoms with E-state index in [9.17, 15) is 4.39 Å². The van der Waals surface area contributed by atoms with Gasteiger partial charge in [-0.3, -0.25) is 4.90 Å². The fraction of sp³-hybridized carbons (Fsp3) is 0.467. The van der Waals surface area contributed by atoms with Crippen LogP contribution in [0.25, 0.3) is 0 Å². The summed E-state index contributed by atoms with van der Waals surface area (Å²) >= 11 is 0. The molecule has 2 rings (SSSR count). The van der Waals surface area contributed by atoms with Crippen molar-refractivity contribution in [1.29, 1.82) is 0 Å². The number of halogens is 3. The van der Waals surface area contributed by atoms with Crippen LogP contribution in [0.5, 0.6) is 0 Å². The molecule has 1 saturated heterocycles. The first kappa shape index (κ1) is 19.4. The Bertz CT molecular complexity index is 420. The second-order valence-corrected chi connectivity index (χ2v) is 4.83. The Balaban J connectivity index is 0.00000180. The first-order chi connectivity index (χ1) is 8.72. The highest BCUT2D eigenvalue weighted by Gasteiger charge is 2.22. The van der Waals surface area contributed by atoms with Crippen molar-refractivity contribution in [3.8, 4) is 0 Å². The predicted molar refractivity (Wildman–Crippen MR) is 87.6 cm³/mol. The molecule has 114 valence electrons. The number of piperazine rings is 1. The van der Waals surface area contributed by atoms with Crippen LogP contribution in [0, 0.1) is 12.7 Å². The summed E-state index contributed by atoms with van der Waals surface area (Å²) in [5.41, 5.74) is 2.25. The number of hydrogen-bond donors (Lipinski definition) is 1. The van der Waals surface area contributed by atoms with Gasteiger partial charge in [0.2, 0.25) is 0 Å². The van der Waals surface area contributed by atoms with E-state index in [-0.39, 0.29) is 36.7 Å². The lowest BCUT2D eigenvalue weighted by atomic mass is 9.96. The molecule has 1 aliphatic rings. The molecule has 20 heavy (non-hydrogen) atoms. The molecule has 0 radical (unpaired) electrons. The summed E-state index contributed by atoms with van der Waals surface area (Å²) in [7, 11) is 0. The topological polar surface area (TPSA) is 15.3 Å². The summed E-state index contributed by atoms with van der Waals surface area (Å²) in [4.78, 5) is 2.42. The monoisotopic (exact) mass is 320 g/mol. The molecule has 1 fully saturated rings. The minimum Gasteiger partial charge on any atom is -0.314 e. The van der Waals surface area contributed by atoms with E-state index in [1.165, 1.54) is 6.07 Å². The first-order valence-corrected chi connectivity index (χ1v) is 6.54. The van der Waals surface area contributed by atoms with Crippen molar-refractivity contribution in [2.45, 2.75) is 19.4 Å². The van der Waals surface area contributed by atoms with Crippen molar-refractivity contribution in [3.63, 3.8) is 0 Å². The molecule has 0 aliphatic carbocycles. The van der Waals surface area contributed by atoms with E-state index in [0.29, 0.717) is 0 Å². The Hall–Kier alpha value is -0.610. The maximum absolute atomic E-state index is 13.5. The third-order valence-electron chi connectivity index (χ3n) is 3.58. The van der Waals surface area contributed by atoms with Gasteiger partial charge < -0.3 is 5.32 Å². The van der Waals surface area contributed by atoms with Crippen molar-refractivity contribution in [2.24, 2.45) is 0 Å². The molecule has 0 spiro atoms. The zero-order valence-electron chi connectivity index (χ0n) is 11.8. The smallest absolute Gasteiger partial charge is 0.123 e. The molecule has 0 saturated carbocycles. The fourth-order valence-corrected chi connectivity index (χ4v) is 2.59. The maximum atomic E-state index is 13.5. The number of nitrogens with zero attached hydrogens (tertiary/aromatic N) is 1. The summed E-state index contributed by atoms with van der Waals surface area (Å²) in [6, 6.07) is 5.32. The largest absolute Gasteiger partial charge is 0.314 e. The molecule has 0 amide bonds. The van der Waals surface area contributed by atoms with Crippen LogP contribution in [0.3, 0.4) is 0 Å². The fourth-order valence-electron chi connectivity index (χ4n) is 2.59.